The molecule has 0 bridgehead atoms. The summed E-state index contributed by atoms with van der Waals surface area (Å²) in [6.07, 6.45) is 7.48. The first-order chi connectivity index (χ1) is 13.5. The van der Waals surface area contributed by atoms with Crippen molar-refractivity contribution in [3.63, 3.8) is 0 Å². The van der Waals surface area contributed by atoms with Crippen molar-refractivity contribution < 1.29 is 36.9 Å². The van der Waals surface area contributed by atoms with Crippen LogP contribution in [0, 0.1) is 0 Å². The second-order valence-corrected chi connectivity index (χ2v) is 6.54. The van der Waals surface area contributed by atoms with Gasteiger partial charge in [0.2, 0.25) is 0 Å². The van der Waals surface area contributed by atoms with Crippen LogP contribution in [0.2, 0.25) is 0 Å². The Morgan fingerprint density at radius 1 is 0.862 bits per heavy atom. The van der Waals surface area contributed by atoms with Crippen molar-refractivity contribution >= 4 is 18.4 Å². The first-order valence-corrected chi connectivity index (χ1v) is 9.23. The molecule has 2 aromatic rings. The van der Waals surface area contributed by atoms with Crippen LogP contribution < -0.4 is 15.3 Å². The summed E-state index contributed by atoms with van der Waals surface area (Å²) in [5.74, 6) is -1.12. The number of carboxylic acids is 1. The second-order valence-electron chi connectivity index (χ2n) is 6.54. The zero-order valence-corrected chi connectivity index (χ0v) is 17.2. The number of carbonyl (C=O) groups is 1. The average molecular weight is 438 g/mol. The Labute approximate surface area is 181 Å². The van der Waals surface area contributed by atoms with E-state index in [1.807, 2.05) is 12.1 Å². The minimum atomic E-state index is -1.08. The van der Waals surface area contributed by atoms with Gasteiger partial charge in [-0.2, -0.15) is 0 Å². The SMILES string of the molecule is CC(=O)[O-].[Co+3].[O-]c1ccccc1C=NC1CCCCC1N=Cc1ccccc1[O-]. The van der Waals surface area contributed by atoms with Gasteiger partial charge in [-0.25, -0.2) is 0 Å². The van der Waals surface area contributed by atoms with Crippen LogP contribution in [0.4, 0.5) is 0 Å². The largest absolute Gasteiger partial charge is 3.00 e. The van der Waals surface area contributed by atoms with Crippen LogP contribution in [0.3, 0.4) is 0 Å². The first kappa shape index (κ1) is 24.4. The van der Waals surface area contributed by atoms with E-state index >= 15 is 0 Å². The van der Waals surface area contributed by atoms with Gasteiger partial charge in [0.25, 0.3) is 0 Å². The number of para-hydroxylation sites is 2. The molecule has 0 saturated heterocycles. The van der Waals surface area contributed by atoms with Crippen LogP contribution in [0.1, 0.15) is 43.7 Å². The second kappa shape index (κ2) is 12.7. The van der Waals surface area contributed by atoms with Crippen molar-refractivity contribution in [1.29, 1.82) is 0 Å². The number of aliphatic imine (C=N–C) groups is 2. The Kier molecular flexibility index (Phi) is 10.7. The number of hydrogen-bond donors (Lipinski definition) is 0. The third-order valence-corrected chi connectivity index (χ3v) is 4.34. The van der Waals surface area contributed by atoms with E-state index in [1.165, 1.54) is 0 Å². The maximum atomic E-state index is 11.8. The van der Waals surface area contributed by atoms with Crippen LogP contribution in [0.15, 0.2) is 58.5 Å². The molecule has 0 spiro atoms. The molecule has 3 rings (SSSR count). The fourth-order valence-electron chi connectivity index (χ4n) is 2.97. The van der Waals surface area contributed by atoms with Crippen LogP contribution in [-0.2, 0) is 21.6 Å². The molecule has 29 heavy (non-hydrogen) atoms. The molecule has 2 aromatic carbocycles. The van der Waals surface area contributed by atoms with E-state index in [4.69, 9.17) is 9.90 Å². The number of carboxylic acid groups (broad SMARTS) is 1. The molecule has 6 nitrogen and oxygen atoms in total. The Bertz CT molecular complexity index is 772. The van der Waals surface area contributed by atoms with Crippen LogP contribution in [0.25, 0.3) is 0 Å². The van der Waals surface area contributed by atoms with Gasteiger partial charge >= 0.3 is 16.8 Å². The quantitative estimate of drug-likeness (QED) is 0.673. The molecule has 0 aliphatic heterocycles. The molecule has 2 atom stereocenters. The third kappa shape index (κ3) is 8.49. The van der Waals surface area contributed by atoms with Gasteiger partial charge < -0.3 is 20.1 Å². The molecule has 2 unspecified atom stereocenters. The molecule has 0 radical (unpaired) electrons. The normalized spacial score (nSPS) is 18.7. The maximum Gasteiger partial charge on any atom is 3.00 e. The number of benzene rings is 2. The molecule has 0 heterocycles. The minimum absolute atomic E-state index is 0. The van der Waals surface area contributed by atoms with E-state index in [9.17, 15) is 10.2 Å². The summed E-state index contributed by atoms with van der Waals surface area (Å²) < 4.78 is 0. The zero-order chi connectivity index (χ0) is 20.4. The molecule has 1 fully saturated rings. The molecule has 1 aliphatic rings. The van der Waals surface area contributed by atoms with Gasteiger partial charge in [-0.3, -0.25) is 9.98 Å². The van der Waals surface area contributed by atoms with Gasteiger partial charge in [-0.15, -0.1) is 11.5 Å². The number of rotatable bonds is 4. The summed E-state index contributed by atoms with van der Waals surface area (Å²) in [5, 5.41) is 32.4. The fraction of sp³-hybridized carbons (Fsp3) is 0.318. The smallest absolute Gasteiger partial charge is 0.872 e. The van der Waals surface area contributed by atoms with Gasteiger partial charge in [0.05, 0.1) is 12.1 Å². The van der Waals surface area contributed by atoms with E-state index in [0.29, 0.717) is 11.1 Å². The fourth-order valence-corrected chi connectivity index (χ4v) is 2.97. The Hall–Kier alpha value is -2.64. The Balaban J connectivity index is 0.000000771. The van der Waals surface area contributed by atoms with E-state index in [2.05, 4.69) is 9.98 Å². The number of hydrogen-bond acceptors (Lipinski definition) is 6. The standard InChI is InChI=1S/C20H22N2O2.C2H4O2.Co/c23-19-11-5-1-7-15(19)13-21-17-9-3-4-10-18(17)22-14-16-8-2-6-12-20(16)24;1-2(3)4;/h1-2,5-8,11-14,17-18,23-24H,3-4,9-10H2;1H3,(H,3,4);/q;;+3/p-3. The van der Waals surface area contributed by atoms with Crippen molar-refractivity contribution in [3.05, 3.63) is 59.7 Å². The van der Waals surface area contributed by atoms with Crippen molar-refractivity contribution in [2.24, 2.45) is 9.98 Å². The molecule has 1 saturated carbocycles. The predicted octanol–water partition coefficient (Wildman–Crippen LogP) is 1.44. The van der Waals surface area contributed by atoms with Gasteiger partial charge in [-0.05, 0) is 30.9 Å². The van der Waals surface area contributed by atoms with E-state index in [1.54, 1.807) is 48.8 Å². The molecule has 7 heteroatoms. The van der Waals surface area contributed by atoms with Crippen LogP contribution in [-0.4, -0.2) is 30.5 Å². The summed E-state index contributed by atoms with van der Waals surface area (Å²) >= 11 is 0. The monoisotopic (exact) mass is 438 g/mol. The summed E-state index contributed by atoms with van der Waals surface area (Å²) in [6, 6.07) is 13.9. The van der Waals surface area contributed by atoms with Crippen molar-refractivity contribution in [2.45, 2.75) is 44.7 Å². The number of aliphatic carboxylic acids is 1. The summed E-state index contributed by atoms with van der Waals surface area (Å²) in [4.78, 5) is 18.1. The summed E-state index contributed by atoms with van der Waals surface area (Å²) in [6.45, 7) is 0.972. The van der Waals surface area contributed by atoms with E-state index < -0.39 is 5.97 Å². The van der Waals surface area contributed by atoms with Gasteiger partial charge in [0.1, 0.15) is 0 Å². The number of carbonyl (C=O) groups excluding carboxylic acids is 1. The summed E-state index contributed by atoms with van der Waals surface area (Å²) in [5.41, 5.74) is 1.21. The topological polar surface area (TPSA) is 111 Å². The molecular formula is C22H23CoN2O4. The van der Waals surface area contributed by atoms with Crippen molar-refractivity contribution in [3.8, 4) is 11.5 Å². The van der Waals surface area contributed by atoms with Gasteiger partial charge in [0, 0.05) is 18.4 Å². The molecule has 0 aromatic heterocycles. The molecule has 0 amide bonds. The van der Waals surface area contributed by atoms with E-state index in [-0.39, 0.29) is 40.4 Å². The van der Waals surface area contributed by atoms with Crippen molar-refractivity contribution in [1.82, 2.24) is 0 Å². The van der Waals surface area contributed by atoms with Crippen molar-refractivity contribution in [2.75, 3.05) is 0 Å². The van der Waals surface area contributed by atoms with Crippen LogP contribution >= 0.6 is 0 Å². The molecule has 154 valence electrons. The Morgan fingerprint density at radius 3 is 1.55 bits per heavy atom. The summed E-state index contributed by atoms with van der Waals surface area (Å²) in [7, 11) is 0. The van der Waals surface area contributed by atoms with Gasteiger partial charge in [-0.1, -0.05) is 61.4 Å². The van der Waals surface area contributed by atoms with Crippen LogP contribution in [0.5, 0.6) is 11.5 Å². The molecular weight excluding hydrogens is 415 g/mol. The minimum Gasteiger partial charge on any atom is -0.872 e. The zero-order valence-electron chi connectivity index (χ0n) is 16.1. The average Bonchev–Trinajstić information content (AvgIpc) is 2.67. The first-order valence-electron chi connectivity index (χ1n) is 9.23. The maximum absolute atomic E-state index is 11.8. The number of nitrogens with zero attached hydrogens (tertiary/aromatic N) is 2. The molecule has 1 aliphatic carbocycles. The Morgan fingerprint density at radius 2 is 1.21 bits per heavy atom. The van der Waals surface area contributed by atoms with E-state index in [0.717, 1.165) is 32.6 Å². The third-order valence-electron chi connectivity index (χ3n) is 4.34. The molecule has 0 N–H and O–H groups in total. The predicted molar refractivity (Wildman–Crippen MR) is 104 cm³/mol. The van der Waals surface area contributed by atoms with Gasteiger partial charge in [0.15, 0.2) is 0 Å².